The fourth-order valence-electron chi connectivity index (χ4n) is 3.06. The molecule has 0 bridgehead atoms. The highest BCUT2D eigenvalue weighted by molar-refractivity contribution is 5.79. The van der Waals surface area contributed by atoms with Crippen molar-refractivity contribution in [2.24, 2.45) is 5.92 Å². The minimum atomic E-state index is -0.0107. The molecule has 2 heterocycles. The molecule has 6 heteroatoms. The second-order valence-corrected chi connectivity index (χ2v) is 6.54. The van der Waals surface area contributed by atoms with Gasteiger partial charge in [0.25, 0.3) is 0 Å². The highest BCUT2D eigenvalue weighted by Crippen LogP contribution is 2.24. The summed E-state index contributed by atoms with van der Waals surface area (Å²) in [4.78, 5) is 24.5. The molecule has 0 radical (unpaired) electrons. The van der Waals surface area contributed by atoms with Gasteiger partial charge in [-0.2, -0.15) is 0 Å². The van der Waals surface area contributed by atoms with E-state index >= 15 is 0 Å². The molecular weight excluding hydrogens is 304 g/mol. The van der Waals surface area contributed by atoms with Crippen molar-refractivity contribution in [3.8, 4) is 5.88 Å². The van der Waals surface area contributed by atoms with E-state index in [0.717, 1.165) is 42.0 Å². The lowest BCUT2D eigenvalue weighted by Crippen LogP contribution is -2.34. The summed E-state index contributed by atoms with van der Waals surface area (Å²) in [6.45, 7) is 6.30. The van der Waals surface area contributed by atoms with Crippen LogP contribution in [0.15, 0.2) is 18.3 Å². The summed E-state index contributed by atoms with van der Waals surface area (Å²) in [5.41, 5.74) is 3.11. The number of fused-ring (bicyclic) bond motifs is 1. The van der Waals surface area contributed by atoms with Crippen LogP contribution in [0.25, 0.3) is 0 Å². The number of hydrogen-bond donors (Lipinski definition) is 2. The van der Waals surface area contributed by atoms with Crippen molar-refractivity contribution in [2.75, 3.05) is 0 Å². The van der Waals surface area contributed by atoms with Gasteiger partial charge in [-0.25, -0.2) is 9.97 Å². The molecule has 0 unspecified atom stereocenters. The van der Waals surface area contributed by atoms with Crippen LogP contribution in [-0.4, -0.2) is 27.0 Å². The minimum Gasteiger partial charge on any atom is -0.475 e. The number of pyridine rings is 1. The van der Waals surface area contributed by atoms with Crippen molar-refractivity contribution in [3.63, 3.8) is 0 Å². The molecule has 0 aromatic carbocycles. The molecular formula is C18H24N4O2. The summed E-state index contributed by atoms with van der Waals surface area (Å²) in [5.74, 6) is 1.57. The Morgan fingerprint density at radius 2 is 2.33 bits per heavy atom. The Balaban J connectivity index is 1.60. The van der Waals surface area contributed by atoms with Gasteiger partial charge < -0.3 is 15.0 Å². The molecule has 1 aliphatic carbocycles. The van der Waals surface area contributed by atoms with Gasteiger partial charge in [-0.05, 0) is 39.7 Å². The minimum absolute atomic E-state index is 0.0107. The Morgan fingerprint density at radius 3 is 3.12 bits per heavy atom. The topological polar surface area (TPSA) is 79.9 Å². The van der Waals surface area contributed by atoms with Crippen molar-refractivity contribution in [3.05, 3.63) is 41.1 Å². The maximum Gasteiger partial charge on any atom is 0.223 e. The first-order chi connectivity index (χ1) is 11.5. The Kier molecular flexibility index (Phi) is 4.83. The van der Waals surface area contributed by atoms with Crippen molar-refractivity contribution >= 4 is 5.91 Å². The Labute approximate surface area is 142 Å². The summed E-state index contributed by atoms with van der Waals surface area (Å²) in [5, 5.41) is 3.03. The van der Waals surface area contributed by atoms with Crippen LogP contribution in [0.2, 0.25) is 0 Å². The quantitative estimate of drug-likeness (QED) is 0.883. The number of imidazole rings is 1. The normalized spacial score (nSPS) is 16.8. The number of amides is 1. The number of carbonyl (C=O) groups is 1. The maximum absolute atomic E-state index is 12.5. The van der Waals surface area contributed by atoms with Crippen molar-refractivity contribution in [2.45, 2.75) is 52.7 Å². The van der Waals surface area contributed by atoms with Gasteiger partial charge in [0.15, 0.2) is 0 Å². The number of hydrogen-bond acceptors (Lipinski definition) is 4. The van der Waals surface area contributed by atoms with Crippen LogP contribution < -0.4 is 10.1 Å². The number of ether oxygens (including phenoxy) is 1. The molecule has 2 N–H and O–H groups in total. The molecule has 0 fully saturated rings. The molecule has 24 heavy (non-hydrogen) atoms. The number of aryl methyl sites for hydroxylation is 2. The van der Waals surface area contributed by atoms with E-state index in [4.69, 9.17) is 4.74 Å². The summed E-state index contributed by atoms with van der Waals surface area (Å²) in [7, 11) is 0. The molecule has 2 aromatic rings. The van der Waals surface area contributed by atoms with Crippen LogP contribution in [-0.2, 0) is 24.2 Å². The molecule has 0 spiro atoms. The van der Waals surface area contributed by atoms with Crippen LogP contribution in [0, 0.1) is 12.8 Å². The van der Waals surface area contributed by atoms with E-state index in [0.29, 0.717) is 12.4 Å². The van der Waals surface area contributed by atoms with Gasteiger partial charge in [0.05, 0.1) is 11.8 Å². The zero-order chi connectivity index (χ0) is 17.1. The third kappa shape index (κ3) is 3.75. The number of nitrogens with one attached hydrogen (secondary N) is 2. The van der Waals surface area contributed by atoms with Crippen molar-refractivity contribution in [1.29, 1.82) is 0 Å². The Morgan fingerprint density at radius 1 is 1.50 bits per heavy atom. The zero-order valence-electron chi connectivity index (χ0n) is 14.4. The highest BCUT2D eigenvalue weighted by atomic mass is 16.5. The number of aromatic nitrogens is 3. The van der Waals surface area contributed by atoms with Crippen LogP contribution in [0.5, 0.6) is 5.88 Å². The van der Waals surface area contributed by atoms with Crippen LogP contribution in [0.3, 0.4) is 0 Å². The van der Waals surface area contributed by atoms with E-state index in [1.807, 2.05) is 32.9 Å². The SMILES string of the molecule is Cc1nc2c([nH]1)C[C@H](C(=O)NCc1cccnc1OC(C)C)CC2. The Hall–Kier alpha value is -2.37. The highest BCUT2D eigenvalue weighted by Gasteiger charge is 2.26. The second kappa shape index (κ2) is 7.03. The Bertz CT molecular complexity index is 724. The van der Waals surface area contributed by atoms with Gasteiger partial charge in [0.1, 0.15) is 5.82 Å². The number of H-pyrrole nitrogens is 1. The monoisotopic (exact) mass is 328 g/mol. The van der Waals surface area contributed by atoms with E-state index in [1.165, 1.54) is 0 Å². The van der Waals surface area contributed by atoms with Crippen LogP contribution in [0.4, 0.5) is 0 Å². The third-order valence-corrected chi connectivity index (χ3v) is 4.18. The third-order valence-electron chi connectivity index (χ3n) is 4.18. The molecule has 1 atom stereocenters. The van der Waals surface area contributed by atoms with Gasteiger partial charge in [0.2, 0.25) is 11.8 Å². The number of rotatable bonds is 5. The first kappa shape index (κ1) is 16.5. The van der Waals surface area contributed by atoms with Gasteiger partial charge in [-0.15, -0.1) is 0 Å². The van der Waals surface area contributed by atoms with Crippen molar-refractivity contribution < 1.29 is 9.53 Å². The smallest absolute Gasteiger partial charge is 0.223 e. The molecule has 0 saturated carbocycles. The standard InChI is InChI=1S/C18H24N4O2/c1-11(2)24-18-14(5-4-8-19-18)10-20-17(23)13-6-7-15-16(9-13)22-12(3)21-15/h4-5,8,11,13H,6-7,9-10H2,1-3H3,(H,20,23)(H,21,22)/t13-/m1/s1. The molecule has 6 nitrogen and oxygen atoms in total. The molecule has 128 valence electrons. The zero-order valence-corrected chi connectivity index (χ0v) is 14.4. The van der Waals surface area contributed by atoms with Gasteiger partial charge in [-0.3, -0.25) is 4.79 Å². The van der Waals surface area contributed by atoms with Crippen LogP contribution >= 0.6 is 0 Å². The maximum atomic E-state index is 12.5. The second-order valence-electron chi connectivity index (χ2n) is 6.54. The lowest BCUT2D eigenvalue weighted by molar-refractivity contribution is -0.125. The molecule has 1 aliphatic rings. The first-order valence-electron chi connectivity index (χ1n) is 8.45. The van der Waals surface area contributed by atoms with E-state index in [-0.39, 0.29) is 17.9 Å². The number of aromatic amines is 1. The summed E-state index contributed by atoms with van der Waals surface area (Å²) in [6, 6.07) is 3.79. The number of nitrogens with zero attached hydrogens (tertiary/aromatic N) is 2. The van der Waals surface area contributed by atoms with Crippen molar-refractivity contribution in [1.82, 2.24) is 20.3 Å². The fraction of sp³-hybridized carbons (Fsp3) is 0.500. The predicted molar refractivity (Wildman–Crippen MR) is 90.7 cm³/mol. The lowest BCUT2D eigenvalue weighted by atomic mass is 9.89. The average molecular weight is 328 g/mol. The molecule has 1 amide bonds. The fourth-order valence-corrected chi connectivity index (χ4v) is 3.06. The lowest BCUT2D eigenvalue weighted by Gasteiger charge is -2.21. The van der Waals surface area contributed by atoms with E-state index < -0.39 is 0 Å². The van der Waals surface area contributed by atoms with Gasteiger partial charge in [-0.1, -0.05) is 6.07 Å². The molecule has 0 aliphatic heterocycles. The van der Waals surface area contributed by atoms with Crippen LogP contribution in [0.1, 0.15) is 43.0 Å². The van der Waals surface area contributed by atoms with Gasteiger partial charge >= 0.3 is 0 Å². The first-order valence-corrected chi connectivity index (χ1v) is 8.45. The van der Waals surface area contributed by atoms with E-state index in [9.17, 15) is 4.79 Å². The largest absolute Gasteiger partial charge is 0.475 e. The average Bonchev–Trinajstić information content (AvgIpc) is 2.92. The van der Waals surface area contributed by atoms with E-state index in [2.05, 4.69) is 20.3 Å². The van der Waals surface area contributed by atoms with Gasteiger partial charge in [0, 0.05) is 36.3 Å². The summed E-state index contributed by atoms with van der Waals surface area (Å²) < 4.78 is 5.70. The van der Waals surface area contributed by atoms with E-state index in [1.54, 1.807) is 6.20 Å². The summed E-state index contributed by atoms with van der Waals surface area (Å²) >= 11 is 0. The summed E-state index contributed by atoms with van der Waals surface area (Å²) in [6.07, 6.45) is 4.17. The number of carbonyl (C=O) groups excluding carboxylic acids is 1. The molecule has 0 saturated heterocycles. The predicted octanol–water partition coefficient (Wildman–Crippen LogP) is 2.32. The molecule has 2 aromatic heterocycles. The molecule has 3 rings (SSSR count).